The first kappa shape index (κ1) is 13.8. The zero-order chi connectivity index (χ0) is 13.3. The maximum Gasteiger partial charge on any atom is 0.126 e. The van der Waals surface area contributed by atoms with Gasteiger partial charge in [0.05, 0.1) is 14.7 Å². The Morgan fingerprint density at radius 2 is 2.00 bits per heavy atom. The smallest absolute Gasteiger partial charge is 0.126 e. The van der Waals surface area contributed by atoms with Gasteiger partial charge in [-0.15, -0.1) is 11.3 Å². The van der Waals surface area contributed by atoms with E-state index in [1.165, 1.54) is 17.4 Å². The van der Waals surface area contributed by atoms with Crippen molar-refractivity contribution < 1.29 is 4.39 Å². The van der Waals surface area contributed by atoms with E-state index >= 15 is 0 Å². The number of aryl methyl sites for hydroxylation is 1. The van der Waals surface area contributed by atoms with E-state index < -0.39 is 0 Å². The van der Waals surface area contributed by atoms with E-state index in [1.807, 2.05) is 19.2 Å². The third-order valence-electron chi connectivity index (χ3n) is 2.80. The molecule has 0 saturated heterocycles. The van der Waals surface area contributed by atoms with Crippen molar-refractivity contribution in [2.75, 3.05) is 7.05 Å². The molecule has 1 nitrogen and oxygen atoms in total. The molecular formula is C13H12Cl2FNS. The van der Waals surface area contributed by atoms with Gasteiger partial charge in [-0.05, 0) is 37.2 Å². The summed E-state index contributed by atoms with van der Waals surface area (Å²) in [4.78, 5) is 0. The van der Waals surface area contributed by atoms with Crippen molar-refractivity contribution in [3.05, 3.63) is 55.4 Å². The van der Waals surface area contributed by atoms with E-state index in [2.05, 4.69) is 5.32 Å². The SMILES string of the molecule is CNC(c1ccc(F)c(C)c1)c1cc(Cl)sc1Cl. The Morgan fingerprint density at radius 3 is 2.50 bits per heavy atom. The molecule has 0 radical (unpaired) electrons. The maximum absolute atomic E-state index is 13.3. The van der Waals surface area contributed by atoms with Crippen LogP contribution < -0.4 is 5.32 Å². The Labute approximate surface area is 120 Å². The Hall–Kier alpha value is -0.610. The van der Waals surface area contributed by atoms with Crippen LogP contribution in [0.3, 0.4) is 0 Å². The number of benzene rings is 1. The quantitative estimate of drug-likeness (QED) is 0.858. The molecule has 2 rings (SSSR count). The first-order valence-electron chi connectivity index (χ1n) is 5.41. The van der Waals surface area contributed by atoms with Crippen molar-refractivity contribution in [2.24, 2.45) is 0 Å². The van der Waals surface area contributed by atoms with Crippen molar-refractivity contribution in [1.82, 2.24) is 5.32 Å². The number of rotatable bonds is 3. The zero-order valence-electron chi connectivity index (χ0n) is 9.93. The van der Waals surface area contributed by atoms with Gasteiger partial charge in [0.1, 0.15) is 5.82 Å². The first-order chi connectivity index (χ1) is 8.52. The summed E-state index contributed by atoms with van der Waals surface area (Å²) in [6.07, 6.45) is 0. The van der Waals surface area contributed by atoms with E-state index in [-0.39, 0.29) is 11.9 Å². The Morgan fingerprint density at radius 1 is 1.28 bits per heavy atom. The summed E-state index contributed by atoms with van der Waals surface area (Å²) < 4.78 is 14.6. The molecule has 2 aromatic rings. The third-order valence-corrected chi connectivity index (χ3v) is 4.32. The van der Waals surface area contributed by atoms with Crippen LogP contribution in [0.5, 0.6) is 0 Å². The van der Waals surface area contributed by atoms with E-state index in [4.69, 9.17) is 23.2 Å². The van der Waals surface area contributed by atoms with Crippen molar-refractivity contribution in [1.29, 1.82) is 0 Å². The summed E-state index contributed by atoms with van der Waals surface area (Å²) in [5.74, 6) is -0.206. The molecule has 18 heavy (non-hydrogen) atoms. The van der Waals surface area contributed by atoms with Crippen LogP contribution in [-0.4, -0.2) is 7.05 Å². The van der Waals surface area contributed by atoms with E-state index in [9.17, 15) is 4.39 Å². The standard InChI is InChI=1S/C13H12Cl2FNS/c1-7-5-8(3-4-10(7)16)12(17-2)9-6-11(14)18-13(9)15/h3-6,12,17H,1-2H3. The van der Waals surface area contributed by atoms with Crippen LogP contribution in [0.4, 0.5) is 4.39 Å². The summed E-state index contributed by atoms with van der Waals surface area (Å²) in [5.41, 5.74) is 2.50. The molecule has 0 amide bonds. The monoisotopic (exact) mass is 303 g/mol. The van der Waals surface area contributed by atoms with E-state index in [0.29, 0.717) is 14.2 Å². The van der Waals surface area contributed by atoms with Gasteiger partial charge >= 0.3 is 0 Å². The average Bonchev–Trinajstić information content (AvgIpc) is 2.64. The highest BCUT2D eigenvalue weighted by Gasteiger charge is 2.18. The van der Waals surface area contributed by atoms with Crippen molar-refractivity contribution >= 4 is 34.5 Å². The van der Waals surface area contributed by atoms with Gasteiger partial charge in [-0.25, -0.2) is 4.39 Å². The van der Waals surface area contributed by atoms with Crippen molar-refractivity contribution in [3.63, 3.8) is 0 Å². The molecule has 1 N–H and O–H groups in total. The summed E-state index contributed by atoms with van der Waals surface area (Å²) in [6, 6.07) is 6.80. The number of thiophene rings is 1. The molecule has 0 spiro atoms. The van der Waals surface area contributed by atoms with Crippen LogP contribution in [0.2, 0.25) is 8.67 Å². The fourth-order valence-electron chi connectivity index (χ4n) is 1.90. The van der Waals surface area contributed by atoms with Gasteiger partial charge in [0.25, 0.3) is 0 Å². The molecule has 0 fully saturated rings. The maximum atomic E-state index is 13.3. The predicted octanol–water partition coefficient (Wildman–Crippen LogP) is 4.81. The molecule has 0 aliphatic carbocycles. The lowest BCUT2D eigenvalue weighted by Crippen LogP contribution is -2.17. The highest BCUT2D eigenvalue weighted by molar-refractivity contribution is 7.20. The molecule has 0 aliphatic heterocycles. The molecule has 1 unspecified atom stereocenters. The molecule has 96 valence electrons. The highest BCUT2D eigenvalue weighted by Crippen LogP contribution is 2.37. The summed E-state index contributed by atoms with van der Waals surface area (Å²) >= 11 is 13.4. The van der Waals surface area contributed by atoms with Gasteiger partial charge in [0.2, 0.25) is 0 Å². The van der Waals surface area contributed by atoms with Gasteiger partial charge in [-0.3, -0.25) is 0 Å². The Balaban J connectivity index is 2.45. The van der Waals surface area contributed by atoms with Crippen LogP contribution in [-0.2, 0) is 0 Å². The van der Waals surface area contributed by atoms with Crippen LogP contribution in [0.1, 0.15) is 22.7 Å². The van der Waals surface area contributed by atoms with Gasteiger partial charge < -0.3 is 5.32 Å². The highest BCUT2D eigenvalue weighted by atomic mass is 35.5. The molecule has 0 bridgehead atoms. The number of hydrogen-bond acceptors (Lipinski definition) is 2. The van der Waals surface area contributed by atoms with Gasteiger partial charge in [0.15, 0.2) is 0 Å². The number of hydrogen-bond donors (Lipinski definition) is 1. The second-order valence-electron chi connectivity index (χ2n) is 4.01. The van der Waals surface area contributed by atoms with Crippen LogP contribution in [0, 0.1) is 12.7 Å². The topological polar surface area (TPSA) is 12.0 Å². The molecule has 0 aliphatic rings. The summed E-state index contributed by atoms with van der Waals surface area (Å²) in [6.45, 7) is 1.74. The van der Waals surface area contributed by atoms with Crippen molar-refractivity contribution in [2.45, 2.75) is 13.0 Å². The van der Waals surface area contributed by atoms with Crippen LogP contribution in [0.25, 0.3) is 0 Å². The Bertz CT molecular complexity index is 568. The third kappa shape index (κ3) is 2.69. The normalized spacial score (nSPS) is 12.7. The molecule has 1 aromatic carbocycles. The lowest BCUT2D eigenvalue weighted by atomic mass is 9.99. The number of nitrogens with one attached hydrogen (secondary N) is 1. The summed E-state index contributed by atoms with van der Waals surface area (Å²) in [5, 5.41) is 3.18. The molecule has 0 saturated carbocycles. The lowest BCUT2D eigenvalue weighted by Gasteiger charge is -2.17. The minimum Gasteiger partial charge on any atom is -0.309 e. The van der Waals surface area contributed by atoms with Crippen LogP contribution in [0.15, 0.2) is 24.3 Å². The van der Waals surface area contributed by atoms with Gasteiger partial charge in [0, 0.05) is 5.56 Å². The minimum atomic E-state index is -0.206. The van der Waals surface area contributed by atoms with E-state index in [1.54, 1.807) is 13.0 Å². The number of halogens is 3. The Kier molecular flexibility index (Phi) is 4.28. The molecule has 1 aromatic heterocycles. The van der Waals surface area contributed by atoms with Gasteiger partial charge in [-0.2, -0.15) is 0 Å². The molecular weight excluding hydrogens is 292 g/mol. The largest absolute Gasteiger partial charge is 0.309 e. The fraction of sp³-hybridized carbons (Fsp3) is 0.231. The average molecular weight is 304 g/mol. The molecule has 1 atom stereocenters. The second-order valence-corrected chi connectivity index (χ2v) is 6.30. The predicted molar refractivity (Wildman–Crippen MR) is 76.4 cm³/mol. The lowest BCUT2D eigenvalue weighted by molar-refractivity contribution is 0.614. The minimum absolute atomic E-state index is 0.0828. The second kappa shape index (κ2) is 5.57. The van der Waals surface area contributed by atoms with E-state index in [0.717, 1.165) is 11.1 Å². The molecule has 5 heteroatoms. The van der Waals surface area contributed by atoms with Gasteiger partial charge in [-0.1, -0.05) is 35.3 Å². The molecule has 1 heterocycles. The summed E-state index contributed by atoms with van der Waals surface area (Å²) in [7, 11) is 1.84. The zero-order valence-corrected chi connectivity index (χ0v) is 12.3. The first-order valence-corrected chi connectivity index (χ1v) is 6.98. The van der Waals surface area contributed by atoms with Crippen molar-refractivity contribution in [3.8, 4) is 0 Å². The van der Waals surface area contributed by atoms with Crippen LogP contribution >= 0.6 is 34.5 Å². The fourth-order valence-corrected chi connectivity index (χ4v) is 3.43.